The van der Waals surface area contributed by atoms with Gasteiger partial charge in [0.1, 0.15) is 0 Å². The zero-order chi connectivity index (χ0) is 14.4. The van der Waals surface area contributed by atoms with E-state index in [-0.39, 0.29) is 11.7 Å². The molecule has 1 heterocycles. The number of nitrogens with zero attached hydrogens (tertiary/aromatic N) is 2. The number of carbonyl (C=O) groups excluding carboxylic acids is 1. The summed E-state index contributed by atoms with van der Waals surface area (Å²) in [5, 5.41) is 11.4. The molecule has 106 valence electrons. The lowest BCUT2D eigenvalue weighted by molar-refractivity contribution is -0.113. The van der Waals surface area contributed by atoms with Gasteiger partial charge in [0.15, 0.2) is 8.68 Å². The summed E-state index contributed by atoms with van der Waals surface area (Å²) in [6, 6.07) is 7.16. The predicted octanol–water partition coefficient (Wildman–Crippen LogP) is 4.03. The Labute approximate surface area is 134 Å². The number of para-hydroxylation sites is 1. The van der Waals surface area contributed by atoms with E-state index in [0.29, 0.717) is 10.7 Å². The quantitative estimate of drug-likeness (QED) is 0.801. The van der Waals surface area contributed by atoms with Crippen molar-refractivity contribution in [3.63, 3.8) is 0 Å². The molecule has 0 unspecified atom stereocenters. The molecule has 0 bridgehead atoms. The van der Waals surface area contributed by atoms with Crippen molar-refractivity contribution in [2.45, 2.75) is 15.6 Å². The minimum atomic E-state index is -0.108. The molecule has 1 aromatic heterocycles. The minimum absolute atomic E-state index is 0.108. The van der Waals surface area contributed by atoms with E-state index in [9.17, 15) is 4.79 Å². The highest BCUT2D eigenvalue weighted by molar-refractivity contribution is 8.03. The number of rotatable bonds is 6. The predicted molar refractivity (Wildman–Crippen MR) is 87.1 cm³/mol. The number of amides is 1. The summed E-state index contributed by atoms with van der Waals surface area (Å²) in [5.41, 5.74) is 0.624. The summed E-state index contributed by atoms with van der Waals surface area (Å²) < 4.78 is 1.73. The molecular weight excluding hydrogens is 334 g/mol. The second kappa shape index (κ2) is 7.87. The Bertz CT molecular complexity index is 591. The zero-order valence-electron chi connectivity index (χ0n) is 10.6. The van der Waals surface area contributed by atoms with E-state index in [1.165, 1.54) is 23.1 Å². The monoisotopic (exact) mass is 345 g/mol. The largest absolute Gasteiger partial charge is 0.324 e. The molecule has 0 aliphatic heterocycles. The standard InChI is InChI=1S/C12H12ClN3OS3/c1-2-18-11-15-16-12(20-11)19-7-10(17)14-9-6-4-3-5-8(9)13/h3-6H,2,7H2,1H3,(H,14,17). The van der Waals surface area contributed by atoms with Crippen LogP contribution in [0.3, 0.4) is 0 Å². The minimum Gasteiger partial charge on any atom is -0.324 e. The van der Waals surface area contributed by atoms with E-state index in [0.717, 1.165) is 14.4 Å². The lowest BCUT2D eigenvalue weighted by atomic mass is 10.3. The Kier molecular flexibility index (Phi) is 6.15. The highest BCUT2D eigenvalue weighted by Crippen LogP contribution is 2.28. The molecule has 0 spiro atoms. The summed E-state index contributed by atoms with van der Waals surface area (Å²) in [6.45, 7) is 2.07. The molecule has 4 nitrogen and oxygen atoms in total. The van der Waals surface area contributed by atoms with Crippen LogP contribution in [0.4, 0.5) is 5.69 Å². The second-order valence-electron chi connectivity index (χ2n) is 3.58. The van der Waals surface area contributed by atoms with Crippen LogP contribution in [0.15, 0.2) is 32.9 Å². The summed E-state index contributed by atoms with van der Waals surface area (Å²) in [7, 11) is 0. The third-order valence-corrected chi connectivity index (χ3v) is 5.53. The van der Waals surface area contributed by atoms with Gasteiger partial charge in [0, 0.05) is 0 Å². The number of hydrogen-bond acceptors (Lipinski definition) is 6. The molecule has 2 rings (SSSR count). The third-order valence-electron chi connectivity index (χ3n) is 2.13. The molecule has 0 aliphatic carbocycles. The van der Waals surface area contributed by atoms with Crippen molar-refractivity contribution in [2.75, 3.05) is 16.8 Å². The van der Waals surface area contributed by atoms with E-state index >= 15 is 0 Å². The number of carbonyl (C=O) groups is 1. The van der Waals surface area contributed by atoms with Gasteiger partial charge in [-0.25, -0.2) is 0 Å². The maximum atomic E-state index is 11.8. The van der Waals surface area contributed by atoms with Gasteiger partial charge in [-0.05, 0) is 17.9 Å². The van der Waals surface area contributed by atoms with Gasteiger partial charge in [0.2, 0.25) is 5.91 Å². The number of aromatic nitrogens is 2. The first-order valence-corrected chi connectivity index (χ1v) is 8.99. The van der Waals surface area contributed by atoms with Crippen LogP contribution in [0.2, 0.25) is 5.02 Å². The van der Waals surface area contributed by atoms with Crippen LogP contribution in [0.25, 0.3) is 0 Å². The van der Waals surface area contributed by atoms with Gasteiger partial charge in [0.25, 0.3) is 0 Å². The normalized spacial score (nSPS) is 10.5. The first-order chi connectivity index (χ1) is 9.69. The molecule has 1 N–H and O–H groups in total. The van der Waals surface area contributed by atoms with Gasteiger partial charge >= 0.3 is 0 Å². The SMILES string of the molecule is CCSc1nnc(SCC(=O)Nc2ccccc2Cl)s1. The van der Waals surface area contributed by atoms with E-state index in [1.807, 2.05) is 12.1 Å². The molecule has 0 fully saturated rings. The van der Waals surface area contributed by atoms with Crippen LogP contribution in [0, 0.1) is 0 Å². The van der Waals surface area contributed by atoms with Crippen molar-refractivity contribution in [3.05, 3.63) is 29.3 Å². The maximum absolute atomic E-state index is 11.8. The first-order valence-electron chi connectivity index (χ1n) is 5.82. The van der Waals surface area contributed by atoms with Crippen LogP contribution >= 0.6 is 46.5 Å². The van der Waals surface area contributed by atoms with Crippen molar-refractivity contribution in [1.29, 1.82) is 0 Å². The molecular formula is C12H12ClN3OS3. The van der Waals surface area contributed by atoms with Gasteiger partial charge in [-0.1, -0.05) is 65.5 Å². The van der Waals surface area contributed by atoms with E-state index < -0.39 is 0 Å². The number of hydrogen-bond donors (Lipinski definition) is 1. The number of nitrogens with one attached hydrogen (secondary N) is 1. The third kappa shape index (κ3) is 4.66. The van der Waals surface area contributed by atoms with Gasteiger partial charge in [-0.15, -0.1) is 10.2 Å². The van der Waals surface area contributed by atoms with Crippen molar-refractivity contribution < 1.29 is 4.79 Å². The average molecular weight is 346 g/mol. The van der Waals surface area contributed by atoms with Crippen molar-refractivity contribution >= 4 is 58.1 Å². The Morgan fingerprint density at radius 1 is 1.30 bits per heavy atom. The van der Waals surface area contributed by atoms with Gasteiger partial charge in [-0.3, -0.25) is 4.79 Å². The van der Waals surface area contributed by atoms with Crippen LogP contribution in [-0.2, 0) is 4.79 Å². The number of halogens is 1. The van der Waals surface area contributed by atoms with E-state index in [1.54, 1.807) is 23.9 Å². The lowest BCUT2D eigenvalue weighted by Gasteiger charge is -2.05. The van der Waals surface area contributed by atoms with E-state index in [2.05, 4.69) is 22.4 Å². The lowest BCUT2D eigenvalue weighted by Crippen LogP contribution is -2.14. The fraction of sp³-hybridized carbons (Fsp3) is 0.250. The van der Waals surface area contributed by atoms with Crippen molar-refractivity contribution in [3.8, 4) is 0 Å². The first kappa shape index (κ1) is 15.6. The topological polar surface area (TPSA) is 54.9 Å². The molecule has 0 aliphatic rings. The average Bonchev–Trinajstić information content (AvgIpc) is 2.87. The molecule has 20 heavy (non-hydrogen) atoms. The molecule has 0 atom stereocenters. The molecule has 0 saturated carbocycles. The van der Waals surface area contributed by atoms with E-state index in [4.69, 9.17) is 11.6 Å². The van der Waals surface area contributed by atoms with Crippen LogP contribution < -0.4 is 5.32 Å². The van der Waals surface area contributed by atoms with Gasteiger partial charge in [-0.2, -0.15) is 0 Å². The fourth-order valence-electron chi connectivity index (χ4n) is 1.31. The number of thioether (sulfide) groups is 2. The fourth-order valence-corrected chi connectivity index (χ4v) is 4.21. The smallest absolute Gasteiger partial charge is 0.234 e. The molecule has 1 amide bonds. The summed E-state index contributed by atoms with van der Waals surface area (Å²) in [5.74, 6) is 1.14. The summed E-state index contributed by atoms with van der Waals surface area (Å²) >= 11 is 10.5. The van der Waals surface area contributed by atoms with Crippen LogP contribution in [0.5, 0.6) is 0 Å². The Morgan fingerprint density at radius 2 is 2.00 bits per heavy atom. The molecule has 1 aromatic carbocycles. The van der Waals surface area contributed by atoms with Crippen molar-refractivity contribution in [1.82, 2.24) is 10.2 Å². The van der Waals surface area contributed by atoms with Gasteiger partial charge in [0.05, 0.1) is 16.5 Å². The second-order valence-corrected chi connectivity index (χ2v) is 7.70. The maximum Gasteiger partial charge on any atom is 0.234 e. The summed E-state index contributed by atoms with van der Waals surface area (Å²) in [6.07, 6.45) is 0. The molecule has 8 heteroatoms. The Morgan fingerprint density at radius 3 is 2.70 bits per heavy atom. The highest BCUT2D eigenvalue weighted by atomic mass is 35.5. The van der Waals surface area contributed by atoms with Gasteiger partial charge < -0.3 is 5.32 Å². The Hall–Kier alpha value is -0.760. The van der Waals surface area contributed by atoms with Crippen LogP contribution in [0.1, 0.15) is 6.92 Å². The molecule has 0 radical (unpaired) electrons. The Balaban J connectivity index is 1.84. The van der Waals surface area contributed by atoms with Crippen molar-refractivity contribution in [2.24, 2.45) is 0 Å². The molecule has 0 saturated heterocycles. The number of benzene rings is 1. The summed E-state index contributed by atoms with van der Waals surface area (Å²) in [4.78, 5) is 11.8. The number of anilines is 1. The zero-order valence-corrected chi connectivity index (χ0v) is 13.8. The van der Waals surface area contributed by atoms with Crippen LogP contribution in [-0.4, -0.2) is 27.6 Å². The highest BCUT2D eigenvalue weighted by Gasteiger charge is 2.09. The molecule has 2 aromatic rings.